The molecule has 18 heavy (non-hydrogen) atoms. The molecule has 6 heteroatoms. The quantitative estimate of drug-likeness (QED) is 0.831. The van der Waals surface area contributed by atoms with Gasteiger partial charge in [0.05, 0.1) is 17.4 Å². The van der Waals surface area contributed by atoms with E-state index in [9.17, 15) is 4.79 Å². The molecule has 3 N–H and O–H groups in total. The van der Waals surface area contributed by atoms with Crippen molar-refractivity contribution in [3.05, 3.63) is 52.3 Å². The number of nitrogens with one attached hydrogen (secondary N) is 1. The van der Waals surface area contributed by atoms with E-state index in [1.54, 1.807) is 24.3 Å². The zero-order chi connectivity index (χ0) is 13.1. The van der Waals surface area contributed by atoms with Gasteiger partial charge in [0, 0.05) is 10.7 Å². The summed E-state index contributed by atoms with van der Waals surface area (Å²) >= 11 is 11.7. The van der Waals surface area contributed by atoms with Crippen molar-refractivity contribution in [3.63, 3.8) is 0 Å². The number of halogens is 2. The second-order valence-electron chi connectivity index (χ2n) is 3.57. The topological polar surface area (TPSA) is 68.0 Å². The Balaban J connectivity index is 2.24. The van der Waals surface area contributed by atoms with Crippen molar-refractivity contribution in [2.24, 2.45) is 0 Å². The lowest BCUT2D eigenvalue weighted by Gasteiger charge is -2.07. The predicted octanol–water partition coefficient (Wildman–Crippen LogP) is 3.22. The number of anilines is 2. The minimum absolute atomic E-state index is 0.101. The summed E-state index contributed by atoms with van der Waals surface area (Å²) in [4.78, 5) is 15.8. The first kappa shape index (κ1) is 12.7. The fourth-order valence-corrected chi connectivity index (χ4v) is 1.77. The van der Waals surface area contributed by atoms with Crippen molar-refractivity contribution in [1.82, 2.24) is 4.98 Å². The summed E-state index contributed by atoms with van der Waals surface area (Å²) in [6.07, 6.45) is 1.39. The molecule has 0 aliphatic carbocycles. The van der Waals surface area contributed by atoms with Crippen molar-refractivity contribution in [3.8, 4) is 0 Å². The van der Waals surface area contributed by atoms with Gasteiger partial charge in [0.2, 0.25) is 0 Å². The van der Waals surface area contributed by atoms with Gasteiger partial charge in [0.15, 0.2) is 0 Å². The number of carbonyl (C=O) groups is 1. The van der Waals surface area contributed by atoms with E-state index in [2.05, 4.69) is 10.3 Å². The number of rotatable bonds is 2. The van der Waals surface area contributed by atoms with Crippen LogP contribution >= 0.6 is 23.2 Å². The lowest BCUT2D eigenvalue weighted by atomic mass is 10.2. The molecular weight excluding hydrogens is 273 g/mol. The van der Waals surface area contributed by atoms with Crippen LogP contribution in [0.4, 0.5) is 11.4 Å². The summed E-state index contributed by atoms with van der Waals surface area (Å²) in [6, 6.07) is 8.27. The van der Waals surface area contributed by atoms with E-state index in [-0.39, 0.29) is 16.6 Å². The molecule has 1 aromatic heterocycles. The number of nitrogens with two attached hydrogens (primary N) is 1. The van der Waals surface area contributed by atoms with E-state index in [4.69, 9.17) is 28.9 Å². The Labute approximate surface area is 114 Å². The van der Waals surface area contributed by atoms with Crippen LogP contribution in [0.2, 0.25) is 10.2 Å². The zero-order valence-electron chi connectivity index (χ0n) is 9.15. The minimum atomic E-state index is -0.387. The van der Waals surface area contributed by atoms with E-state index >= 15 is 0 Å². The number of amides is 1. The molecule has 0 atom stereocenters. The number of carbonyl (C=O) groups excluding carboxylic acids is 1. The summed E-state index contributed by atoms with van der Waals surface area (Å²) in [7, 11) is 0. The zero-order valence-corrected chi connectivity index (χ0v) is 10.7. The Kier molecular flexibility index (Phi) is 3.69. The monoisotopic (exact) mass is 281 g/mol. The standard InChI is InChI=1S/C12H9Cl2N3O/c13-7-2-1-3-9(4-7)17-12(18)10-5-8(15)6-16-11(10)14/h1-6H,15H2,(H,17,18). The van der Waals surface area contributed by atoms with Crippen LogP contribution in [0.5, 0.6) is 0 Å². The summed E-state index contributed by atoms with van der Waals surface area (Å²) < 4.78 is 0. The Morgan fingerprint density at radius 1 is 1.28 bits per heavy atom. The van der Waals surface area contributed by atoms with Gasteiger partial charge in [-0.1, -0.05) is 29.3 Å². The van der Waals surface area contributed by atoms with Crippen LogP contribution < -0.4 is 11.1 Å². The number of hydrogen-bond acceptors (Lipinski definition) is 3. The molecule has 2 aromatic rings. The van der Waals surface area contributed by atoms with E-state index in [0.717, 1.165) is 0 Å². The average Bonchev–Trinajstić information content (AvgIpc) is 2.32. The van der Waals surface area contributed by atoms with Crippen molar-refractivity contribution in [1.29, 1.82) is 0 Å². The third-order valence-corrected chi connectivity index (χ3v) is 2.72. The number of nitrogens with zero attached hydrogens (tertiary/aromatic N) is 1. The number of hydrogen-bond donors (Lipinski definition) is 2. The minimum Gasteiger partial charge on any atom is -0.397 e. The number of nitrogen functional groups attached to an aromatic ring is 1. The second-order valence-corrected chi connectivity index (χ2v) is 4.37. The molecule has 0 radical (unpaired) electrons. The third-order valence-electron chi connectivity index (χ3n) is 2.19. The number of aromatic nitrogens is 1. The molecule has 0 saturated carbocycles. The molecular formula is C12H9Cl2N3O. The Hall–Kier alpha value is -1.78. The van der Waals surface area contributed by atoms with Crippen molar-refractivity contribution >= 4 is 40.5 Å². The lowest BCUT2D eigenvalue weighted by molar-refractivity contribution is 0.102. The Morgan fingerprint density at radius 2 is 2.06 bits per heavy atom. The van der Waals surface area contributed by atoms with Gasteiger partial charge < -0.3 is 11.1 Å². The van der Waals surface area contributed by atoms with Crippen LogP contribution in [0.1, 0.15) is 10.4 Å². The highest BCUT2D eigenvalue weighted by Crippen LogP contribution is 2.19. The first-order chi connectivity index (χ1) is 8.56. The van der Waals surface area contributed by atoms with E-state index < -0.39 is 0 Å². The first-order valence-electron chi connectivity index (χ1n) is 5.04. The van der Waals surface area contributed by atoms with E-state index in [0.29, 0.717) is 16.4 Å². The van der Waals surface area contributed by atoms with Crippen LogP contribution in [0.25, 0.3) is 0 Å². The first-order valence-corrected chi connectivity index (χ1v) is 5.80. The van der Waals surface area contributed by atoms with Gasteiger partial charge in [-0.15, -0.1) is 0 Å². The fraction of sp³-hybridized carbons (Fsp3) is 0. The SMILES string of the molecule is Nc1cnc(Cl)c(C(=O)Nc2cccc(Cl)c2)c1. The molecule has 0 aliphatic heterocycles. The molecule has 92 valence electrons. The smallest absolute Gasteiger partial charge is 0.258 e. The molecule has 0 aliphatic rings. The highest BCUT2D eigenvalue weighted by atomic mass is 35.5. The highest BCUT2D eigenvalue weighted by Gasteiger charge is 2.12. The average molecular weight is 282 g/mol. The third kappa shape index (κ3) is 2.91. The van der Waals surface area contributed by atoms with Crippen LogP contribution in [0, 0.1) is 0 Å². The number of benzene rings is 1. The maximum atomic E-state index is 12.0. The maximum Gasteiger partial charge on any atom is 0.258 e. The summed E-state index contributed by atoms with van der Waals surface area (Å²) in [5.41, 5.74) is 6.73. The highest BCUT2D eigenvalue weighted by molar-refractivity contribution is 6.33. The Bertz CT molecular complexity index is 602. The van der Waals surface area contributed by atoms with Gasteiger partial charge in [0.25, 0.3) is 5.91 Å². The van der Waals surface area contributed by atoms with Crippen molar-refractivity contribution < 1.29 is 4.79 Å². The molecule has 0 spiro atoms. The van der Waals surface area contributed by atoms with Gasteiger partial charge in [-0.3, -0.25) is 4.79 Å². The van der Waals surface area contributed by atoms with Gasteiger partial charge in [-0.2, -0.15) is 0 Å². The molecule has 0 saturated heterocycles. The van der Waals surface area contributed by atoms with Gasteiger partial charge >= 0.3 is 0 Å². The molecule has 0 fully saturated rings. The number of pyridine rings is 1. The predicted molar refractivity (Wildman–Crippen MR) is 73.1 cm³/mol. The van der Waals surface area contributed by atoms with Crippen LogP contribution in [0.3, 0.4) is 0 Å². The summed E-state index contributed by atoms with van der Waals surface area (Å²) in [5.74, 6) is -0.387. The molecule has 0 unspecified atom stereocenters. The van der Waals surface area contributed by atoms with Crippen molar-refractivity contribution in [2.75, 3.05) is 11.1 Å². The lowest BCUT2D eigenvalue weighted by Crippen LogP contribution is -2.13. The largest absolute Gasteiger partial charge is 0.397 e. The molecule has 2 rings (SSSR count). The van der Waals surface area contributed by atoms with Crippen molar-refractivity contribution in [2.45, 2.75) is 0 Å². The molecule has 1 amide bonds. The molecule has 4 nitrogen and oxygen atoms in total. The molecule has 0 bridgehead atoms. The fourth-order valence-electron chi connectivity index (χ4n) is 1.39. The summed E-state index contributed by atoms with van der Waals surface area (Å²) in [5, 5.41) is 3.30. The van der Waals surface area contributed by atoms with Gasteiger partial charge in [-0.25, -0.2) is 4.98 Å². The maximum absolute atomic E-state index is 12.0. The normalized spacial score (nSPS) is 10.1. The van der Waals surface area contributed by atoms with Gasteiger partial charge in [0.1, 0.15) is 5.15 Å². The summed E-state index contributed by atoms with van der Waals surface area (Å²) in [6.45, 7) is 0. The molecule has 1 aromatic carbocycles. The van der Waals surface area contributed by atoms with Crippen LogP contribution in [0.15, 0.2) is 36.5 Å². The second kappa shape index (κ2) is 5.25. The Morgan fingerprint density at radius 3 is 2.78 bits per heavy atom. The van der Waals surface area contributed by atoms with Crippen LogP contribution in [-0.2, 0) is 0 Å². The molecule has 1 heterocycles. The van der Waals surface area contributed by atoms with E-state index in [1.807, 2.05) is 0 Å². The van der Waals surface area contributed by atoms with E-state index in [1.165, 1.54) is 12.3 Å². The van der Waals surface area contributed by atoms with Gasteiger partial charge in [-0.05, 0) is 24.3 Å². The van der Waals surface area contributed by atoms with Crippen LogP contribution in [-0.4, -0.2) is 10.9 Å².